The van der Waals surface area contributed by atoms with Crippen molar-refractivity contribution in [2.24, 2.45) is 0 Å². The van der Waals surface area contributed by atoms with E-state index in [1.807, 2.05) is 0 Å². The van der Waals surface area contributed by atoms with Crippen molar-refractivity contribution in [1.82, 2.24) is 0 Å². The van der Waals surface area contributed by atoms with Crippen LogP contribution in [-0.2, 0) is 4.74 Å². The summed E-state index contributed by atoms with van der Waals surface area (Å²) in [7, 11) is 0. The molecule has 0 N–H and O–H groups in total. The summed E-state index contributed by atoms with van der Waals surface area (Å²) in [4.78, 5) is 0. The Kier molecular flexibility index (Phi) is 10.7. The van der Waals surface area contributed by atoms with Crippen LogP contribution in [0.5, 0.6) is 0 Å². The van der Waals surface area contributed by atoms with Gasteiger partial charge in [-0.2, -0.15) is 0 Å². The van der Waals surface area contributed by atoms with E-state index < -0.39 is 0 Å². The smallest absolute Gasteiger partial charge is 0.0873 e. The minimum absolute atomic E-state index is 0.822. The van der Waals surface area contributed by atoms with Gasteiger partial charge in [-0.3, -0.25) is 0 Å². The van der Waals surface area contributed by atoms with E-state index in [2.05, 4.69) is 25.7 Å². The second-order valence-corrected chi connectivity index (χ2v) is 3.15. The molecule has 1 nitrogen and oxygen atoms in total. The average molecular weight is 182 g/mol. The van der Waals surface area contributed by atoms with Gasteiger partial charge in [0.15, 0.2) is 0 Å². The van der Waals surface area contributed by atoms with Crippen molar-refractivity contribution in [3.63, 3.8) is 0 Å². The van der Waals surface area contributed by atoms with Crippen LogP contribution in [0, 0.1) is 0 Å². The highest BCUT2D eigenvalue weighted by Gasteiger charge is 1.86. The first-order valence-electron chi connectivity index (χ1n) is 5.29. The Labute approximate surface area is 82.5 Å². The van der Waals surface area contributed by atoms with Gasteiger partial charge in [0, 0.05) is 0 Å². The van der Waals surface area contributed by atoms with E-state index in [1.165, 1.54) is 38.4 Å². The monoisotopic (exact) mass is 182 g/mol. The molecule has 0 unspecified atom stereocenters. The molecule has 0 heterocycles. The van der Waals surface area contributed by atoms with Gasteiger partial charge in [0.2, 0.25) is 0 Å². The van der Waals surface area contributed by atoms with Crippen molar-refractivity contribution < 1.29 is 4.74 Å². The summed E-state index contributed by atoms with van der Waals surface area (Å²) in [5.74, 6) is 0. The lowest BCUT2D eigenvalue weighted by Crippen LogP contribution is -1.86. The highest BCUT2D eigenvalue weighted by atomic mass is 16.5. The minimum Gasteiger partial charge on any atom is -0.502 e. The maximum absolute atomic E-state index is 5.02. The third-order valence-corrected chi connectivity index (χ3v) is 1.87. The Morgan fingerprint density at radius 2 is 1.85 bits per heavy atom. The molecule has 0 aromatic carbocycles. The largest absolute Gasteiger partial charge is 0.502 e. The Hall–Kier alpha value is -0.720. The summed E-state index contributed by atoms with van der Waals surface area (Å²) >= 11 is 0. The zero-order chi connectivity index (χ0) is 9.78. The number of ether oxygens (including phenoxy) is 1. The molecule has 0 aliphatic heterocycles. The van der Waals surface area contributed by atoms with Crippen LogP contribution in [0.1, 0.15) is 45.4 Å². The van der Waals surface area contributed by atoms with Crippen LogP contribution in [0.15, 0.2) is 25.0 Å². The molecule has 0 aliphatic rings. The van der Waals surface area contributed by atoms with E-state index >= 15 is 0 Å². The minimum atomic E-state index is 0.822. The van der Waals surface area contributed by atoms with Gasteiger partial charge in [0.1, 0.15) is 0 Å². The molecule has 0 bridgehead atoms. The molecule has 76 valence electrons. The molecule has 0 aromatic heterocycles. The quantitative estimate of drug-likeness (QED) is 0.297. The van der Waals surface area contributed by atoms with Crippen molar-refractivity contribution in [3.05, 3.63) is 25.0 Å². The maximum atomic E-state index is 5.02. The SMILES string of the molecule is C=COCCCCCC=CCCC. The molecular formula is C12H22O. The summed E-state index contributed by atoms with van der Waals surface area (Å²) in [6.07, 6.45) is 13.5. The Morgan fingerprint density at radius 3 is 2.54 bits per heavy atom. The predicted molar refractivity (Wildman–Crippen MR) is 58.7 cm³/mol. The standard InChI is InChI=1S/C12H22O/c1-3-5-6-7-8-9-10-11-12-13-4-2/h4,6-7H,2-3,5,8-12H2,1H3. The van der Waals surface area contributed by atoms with E-state index in [9.17, 15) is 0 Å². The molecule has 0 saturated carbocycles. The molecule has 0 rings (SSSR count). The lowest BCUT2D eigenvalue weighted by Gasteiger charge is -1.98. The molecular weight excluding hydrogens is 160 g/mol. The van der Waals surface area contributed by atoms with E-state index in [-0.39, 0.29) is 0 Å². The Morgan fingerprint density at radius 1 is 1.08 bits per heavy atom. The molecule has 0 atom stereocenters. The average Bonchev–Trinajstić information content (AvgIpc) is 2.16. The van der Waals surface area contributed by atoms with Gasteiger partial charge in [-0.1, -0.05) is 32.1 Å². The molecule has 0 saturated heterocycles. The molecule has 0 spiro atoms. The number of hydrogen-bond donors (Lipinski definition) is 0. The number of rotatable bonds is 9. The van der Waals surface area contributed by atoms with Crippen LogP contribution in [-0.4, -0.2) is 6.61 Å². The van der Waals surface area contributed by atoms with Gasteiger partial charge in [-0.25, -0.2) is 0 Å². The first-order valence-corrected chi connectivity index (χ1v) is 5.29. The zero-order valence-corrected chi connectivity index (χ0v) is 8.80. The number of unbranched alkanes of at least 4 members (excludes halogenated alkanes) is 4. The van der Waals surface area contributed by atoms with Crippen LogP contribution in [0.3, 0.4) is 0 Å². The highest BCUT2D eigenvalue weighted by molar-refractivity contribution is 4.80. The molecule has 0 amide bonds. The maximum Gasteiger partial charge on any atom is 0.0873 e. The van der Waals surface area contributed by atoms with E-state index in [0.29, 0.717) is 0 Å². The summed E-state index contributed by atoms with van der Waals surface area (Å²) in [6.45, 7) is 6.52. The van der Waals surface area contributed by atoms with Crippen molar-refractivity contribution in [3.8, 4) is 0 Å². The van der Waals surface area contributed by atoms with Crippen LogP contribution in [0.4, 0.5) is 0 Å². The molecule has 0 aliphatic carbocycles. The van der Waals surface area contributed by atoms with Crippen LogP contribution in [0.2, 0.25) is 0 Å². The van der Waals surface area contributed by atoms with Crippen molar-refractivity contribution in [2.75, 3.05) is 6.61 Å². The zero-order valence-electron chi connectivity index (χ0n) is 8.80. The summed E-state index contributed by atoms with van der Waals surface area (Å²) in [6, 6.07) is 0. The Bertz CT molecular complexity index is 127. The molecule has 1 heteroatoms. The van der Waals surface area contributed by atoms with Gasteiger partial charge in [0.25, 0.3) is 0 Å². The van der Waals surface area contributed by atoms with Crippen molar-refractivity contribution in [1.29, 1.82) is 0 Å². The first kappa shape index (κ1) is 12.3. The molecule has 0 fully saturated rings. The normalized spacial score (nSPS) is 10.5. The summed E-state index contributed by atoms with van der Waals surface area (Å²) in [5, 5.41) is 0. The van der Waals surface area contributed by atoms with Crippen molar-refractivity contribution in [2.45, 2.75) is 45.4 Å². The molecule has 0 radical (unpaired) electrons. The molecule has 13 heavy (non-hydrogen) atoms. The lowest BCUT2D eigenvalue weighted by molar-refractivity contribution is 0.242. The first-order chi connectivity index (χ1) is 6.41. The predicted octanol–water partition coefficient (Wildman–Crippen LogP) is 4.06. The fraction of sp³-hybridized carbons (Fsp3) is 0.667. The summed E-state index contributed by atoms with van der Waals surface area (Å²) in [5.41, 5.74) is 0. The van der Waals surface area contributed by atoms with E-state index in [4.69, 9.17) is 4.74 Å². The van der Waals surface area contributed by atoms with Crippen molar-refractivity contribution >= 4 is 0 Å². The Balaban J connectivity index is 2.94. The van der Waals surface area contributed by atoms with Crippen LogP contribution in [0.25, 0.3) is 0 Å². The fourth-order valence-electron chi connectivity index (χ4n) is 1.11. The second-order valence-electron chi connectivity index (χ2n) is 3.15. The van der Waals surface area contributed by atoms with Crippen LogP contribution >= 0.6 is 0 Å². The second kappa shape index (κ2) is 11.3. The van der Waals surface area contributed by atoms with Gasteiger partial charge in [-0.05, 0) is 32.1 Å². The van der Waals surface area contributed by atoms with Gasteiger partial charge >= 0.3 is 0 Å². The topological polar surface area (TPSA) is 9.23 Å². The third kappa shape index (κ3) is 11.3. The fourth-order valence-corrected chi connectivity index (χ4v) is 1.11. The third-order valence-electron chi connectivity index (χ3n) is 1.87. The van der Waals surface area contributed by atoms with Gasteiger partial charge in [0.05, 0.1) is 12.9 Å². The summed E-state index contributed by atoms with van der Waals surface area (Å²) < 4.78 is 5.02. The van der Waals surface area contributed by atoms with E-state index in [0.717, 1.165) is 13.0 Å². The highest BCUT2D eigenvalue weighted by Crippen LogP contribution is 2.02. The van der Waals surface area contributed by atoms with Crippen LogP contribution < -0.4 is 0 Å². The molecule has 0 aromatic rings. The number of hydrogen-bond acceptors (Lipinski definition) is 1. The number of allylic oxidation sites excluding steroid dienone is 2. The lowest BCUT2D eigenvalue weighted by atomic mass is 10.2. The van der Waals surface area contributed by atoms with Gasteiger partial charge in [-0.15, -0.1) is 0 Å². The van der Waals surface area contributed by atoms with E-state index in [1.54, 1.807) is 0 Å². The van der Waals surface area contributed by atoms with Gasteiger partial charge < -0.3 is 4.74 Å².